The van der Waals surface area contributed by atoms with Crippen molar-refractivity contribution in [3.63, 3.8) is 0 Å². The molecule has 0 aliphatic carbocycles. The first-order chi connectivity index (χ1) is 10.7. The van der Waals surface area contributed by atoms with E-state index >= 15 is 0 Å². The van der Waals surface area contributed by atoms with Crippen molar-refractivity contribution < 1.29 is 14.9 Å². The van der Waals surface area contributed by atoms with Gasteiger partial charge in [-0.25, -0.2) is 0 Å². The van der Waals surface area contributed by atoms with Crippen LogP contribution in [0.4, 0.5) is 5.69 Å². The van der Waals surface area contributed by atoms with E-state index in [2.05, 4.69) is 5.32 Å². The first kappa shape index (κ1) is 14.1. The van der Waals surface area contributed by atoms with E-state index in [-0.39, 0.29) is 11.5 Å². The molecule has 0 atom stereocenters. The molecule has 0 fully saturated rings. The Morgan fingerprint density at radius 1 is 0.909 bits per heavy atom. The van der Waals surface area contributed by atoms with Crippen LogP contribution in [-0.4, -0.2) is 17.3 Å². The van der Waals surface area contributed by atoms with Gasteiger partial charge in [0.25, 0.3) is 0 Å². The molecule has 0 saturated heterocycles. The number of phenolic OH excluding ortho intramolecular Hbond substituents is 2. The Morgan fingerprint density at radius 2 is 1.68 bits per heavy atom. The van der Waals surface area contributed by atoms with Crippen molar-refractivity contribution in [2.24, 2.45) is 0 Å². The van der Waals surface area contributed by atoms with Gasteiger partial charge in [0.15, 0.2) is 0 Å². The van der Waals surface area contributed by atoms with Gasteiger partial charge in [0, 0.05) is 28.6 Å². The molecule has 0 bridgehead atoms. The second-order valence-electron chi connectivity index (χ2n) is 5.03. The van der Waals surface area contributed by atoms with Crippen LogP contribution in [-0.2, 0) is 6.54 Å². The van der Waals surface area contributed by atoms with Gasteiger partial charge in [-0.3, -0.25) is 0 Å². The van der Waals surface area contributed by atoms with Gasteiger partial charge >= 0.3 is 0 Å². The Labute approximate surface area is 128 Å². The average molecular weight is 295 g/mol. The summed E-state index contributed by atoms with van der Waals surface area (Å²) in [4.78, 5) is 0. The molecule has 0 aliphatic heterocycles. The normalized spacial score (nSPS) is 10.6. The van der Waals surface area contributed by atoms with Crippen LogP contribution in [0.3, 0.4) is 0 Å². The Hall–Kier alpha value is -2.88. The molecule has 4 heteroatoms. The monoisotopic (exact) mass is 295 g/mol. The van der Waals surface area contributed by atoms with Crippen molar-refractivity contribution >= 4 is 16.5 Å². The summed E-state index contributed by atoms with van der Waals surface area (Å²) in [7, 11) is 1.59. The van der Waals surface area contributed by atoms with Crippen LogP contribution in [0, 0.1) is 0 Å². The highest BCUT2D eigenvalue weighted by atomic mass is 16.5. The van der Waals surface area contributed by atoms with Gasteiger partial charge < -0.3 is 20.3 Å². The predicted molar refractivity (Wildman–Crippen MR) is 87.6 cm³/mol. The third-order valence-electron chi connectivity index (χ3n) is 3.66. The molecule has 0 amide bonds. The highest BCUT2D eigenvalue weighted by molar-refractivity contribution is 5.97. The molecule has 3 aromatic carbocycles. The number of fused-ring (bicyclic) bond motifs is 1. The van der Waals surface area contributed by atoms with Gasteiger partial charge in [0.05, 0.1) is 7.11 Å². The molecule has 0 aliphatic rings. The lowest BCUT2D eigenvalue weighted by Gasteiger charge is -2.12. The zero-order valence-corrected chi connectivity index (χ0v) is 12.2. The number of anilines is 1. The number of hydrogen-bond acceptors (Lipinski definition) is 4. The first-order valence-electron chi connectivity index (χ1n) is 6.99. The highest BCUT2D eigenvalue weighted by Crippen LogP contribution is 2.31. The third kappa shape index (κ3) is 2.63. The summed E-state index contributed by atoms with van der Waals surface area (Å²) in [6.45, 7) is 0.456. The van der Waals surface area contributed by atoms with Crippen LogP contribution >= 0.6 is 0 Å². The standard InChI is InChI=1S/C18H17NO3/c1-22-13-8-9-17(20)12(10-13)11-19-16-6-2-5-15-14(16)4-3-7-18(15)21/h2-10,19-21H,11H2,1H3. The van der Waals surface area contributed by atoms with Crippen molar-refractivity contribution in [1.82, 2.24) is 0 Å². The zero-order chi connectivity index (χ0) is 15.5. The topological polar surface area (TPSA) is 61.7 Å². The summed E-state index contributed by atoms with van der Waals surface area (Å²) in [5, 5.41) is 24.9. The van der Waals surface area contributed by atoms with Crippen LogP contribution in [0.2, 0.25) is 0 Å². The molecule has 3 N–H and O–H groups in total. The van der Waals surface area contributed by atoms with Crippen molar-refractivity contribution in [2.45, 2.75) is 6.54 Å². The number of benzene rings is 3. The van der Waals surface area contributed by atoms with Gasteiger partial charge in [-0.1, -0.05) is 24.3 Å². The Bertz CT molecular complexity index is 815. The zero-order valence-electron chi connectivity index (χ0n) is 12.2. The van der Waals surface area contributed by atoms with E-state index in [1.807, 2.05) is 30.3 Å². The van der Waals surface area contributed by atoms with Gasteiger partial charge in [-0.2, -0.15) is 0 Å². The van der Waals surface area contributed by atoms with Crippen molar-refractivity contribution in [1.29, 1.82) is 0 Å². The summed E-state index contributed by atoms with van der Waals surface area (Å²) in [5.41, 5.74) is 1.65. The van der Waals surface area contributed by atoms with Crippen LogP contribution in [0.1, 0.15) is 5.56 Å². The van der Waals surface area contributed by atoms with Crippen molar-refractivity contribution in [3.8, 4) is 17.2 Å². The number of ether oxygens (including phenoxy) is 1. The lowest BCUT2D eigenvalue weighted by atomic mass is 10.1. The van der Waals surface area contributed by atoms with Crippen LogP contribution in [0.15, 0.2) is 54.6 Å². The molecule has 22 heavy (non-hydrogen) atoms. The minimum absolute atomic E-state index is 0.219. The summed E-state index contributed by atoms with van der Waals surface area (Å²) >= 11 is 0. The largest absolute Gasteiger partial charge is 0.508 e. The smallest absolute Gasteiger partial charge is 0.123 e. The van der Waals surface area contributed by atoms with Crippen LogP contribution < -0.4 is 10.1 Å². The van der Waals surface area contributed by atoms with Gasteiger partial charge in [0.2, 0.25) is 0 Å². The summed E-state index contributed by atoms with van der Waals surface area (Å²) in [5.74, 6) is 1.17. The molecule has 0 aromatic heterocycles. The average Bonchev–Trinajstić information content (AvgIpc) is 2.54. The highest BCUT2D eigenvalue weighted by Gasteiger charge is 2.06. The Kier molecular flexibility index (Phi) is 3.74. The second kappa shape index (κ2) is 5.85. The molecule has 0 heterocycles. The van der Waals surface area contributed by atoms with Crippen molar-refractivity contribution in [2.75, 3.05) is 12.4 Å². The summed E-state index contributed by atoms with van der Waals surface area (Å²) in [6, 6.07) is 16.3. The van der Waals surface area contributed by atoms with E-state index in [0.29, 0.717) is 12.3 Å². The molecular formula is C18H17NO3. The maximum Gasteiger partial charge on any atom is 0.123 e. The maximum atomic E-state index is 9.93. The number of rotatable bonds is 4. The number of aromatic hydroxyl groups is 2. The SMILES string of the molecule is COc1ccc(O)c(CNc2cccc3c(O)cccc23)c1. The van der Waals surface area contributed by atoms with E-state index in [9.17, 15) is 10.2 Å². The van der Waals surface area contributed by atoms with E-state index < -0.39 is 0 Å². The number of hydrogen-bond donors (Lipinski definition) is 3. The molecule has 112 valence electrons. The molecule has 0 saturated carbocycles. The quantitative estimate of drug-likeness (QED) is 0.683. The second-order valence-corrected chi connectivity index (χ2v) is 5.03. The minimum Gasteiger partial charge on any atom is -0.508 e. The van der Waals surface area contributed by atoms with E-state index in [1.165, 1.54) is 0 Å². The fraction of sp³-hybridized carbons (Fsp3) is 0.111. The lowest BCUT2D eigenvalue weighted by molar-refractivity contribution is 0.411. The summed E-state index contributed by atoms with van der Waals surface area (Å²) < 4.78 is 5.18. The van der Waals surface area contributed by atoms with Gasteiger partial charge in [-0.05, 0) is 30.3 Å². The molecule has 4 nitrogen and oxygen atoms in total. The van der Waals surface area contributed by atoms with Crippen molar-refractivity contribution in [3.05, 3.63) is 60.2 Å². The minimum atomic E-state index is 0.219. The van der Waals surface area contributed by atoms with E-state index in [0.717, 1.165) is 22.0 Å². The summed E-state index contributed by atoms with van der Waals surface area (Å²) in [6.07, 6.45) is 0. The fourth-order valence-electron chi connectivity index (χ4n) is 2.47. The van der Waals surface area contributed by atoms with Gasteiger partial charge in [-0.15, -0.1) is 0 Å². The first-order valence-corrected chi connectivity index (χ1v) is 6.99. The molecule has 0 unspecified atom stereocenters. The van der Waals surface area contributed by atoms with E-state index in [1.54, 1.807) is 31.4 Å². The third-order valence-corrected chi connectivity index (χ3v) is 3.66. The number of phenols is 2. The number of nitrogens with one attached hydrogen (secondary N) is 1. The Morgan fingerprint density at radius 3 is 2.50 bits per heavy atom. The van der Waals surface area contributed by atoms with Crippen LogP contribution in [0.5, 0.6) is 17.2 Å². The number of methoxy groups -OCH3 is 1. The fourth-order valence-corrected chi connectivity index (χ4v) is 2.47. The molecular weight excluding hydrogens is 278 g/mol. The van der Waals surface area contributed by atoms with Gasteiger partial charge in [0.1, 0.15) is 17.2 Å². The predicted octanol–water partition coefficient (Wildman–Crippen LogP) is 3.87. The maximum absolute atomic E-state index is 9.93. The van der Waals surface area contributed by atoms with E-state index in [4.69, 9.17) is 4.74 Å². The molecule has 3 rings (SSSR count). The van der Waals surface area contributed by atoms with Crippen LogP contribution in [0.25, 0.3) is 10.8 Å². The molecule has 0 radical (unpaired) electrons. The molecule has 0 spiro atoms. The molecule has 3 aromatic rings. The Balaban J connectivity index is 1.90. The lowest BCUT2D eigenvalue weighted by Crippen LogP contribution is -2.00.